The van der Waals surface area contributed by atoms with Gasteiger partial charge in [-0.15, -0.1) is 0 Å². The van der Waals surface area contributed by atoms with Gasteiger partial charge in [-0.2, -0.15) is 0 Å². The van der Waals surface area contributed by atoms with E-state index in [2.05, 4.69) is 27.9 Å². The standard InChI is InChI=1S/C16H10INO3/c17-11-5-6-14-12(8-11)13(15(19)18-14)7-9-1-3-10(4-2-9)16(20)21/h1-8H,(H,18,19)(H,20,21). The van der Waals surface area contributed by atoms with Crippen molar-refractivity contribution in [3.05, 3.63) is 62.7 Å². The van der Waals surface area contributed by atoms with Gasteiger partial charge in [-0.05, 0) is 64.6 Å². The second kappa shape index (κ2) is 5.33. The summed E-state index contributed by atoms with van der Waals surface area (Å²) in [4.78, 5) is 22.9. The first kappa shape index (κ1) is 13.8. The quantitative estimate of drug-likeness (QED) is 0.609. The fourth-order valence-corrected chi connectivity index (χ4v) is 2.68. The maximum Gasteiger partial charge on any atom is 0.335 e. The molecular weight excluding hydrogens is 381 g/mol. The second-order valence-corrected chi connectivity index (χ2v) is 5.87. The molecule has 0 radical (unpaired) electrons. The molecule has 0 saturated heterocycles. The molecule has 1 heterocycles. The molecule has 0 atom stereocenters. The molecule has 3 rings (SSSR count). The van der Waals surface area contributed by atoms with Gasteiger partial charge >= 0.3 is 5.97 Å². The summed E-state index contributed by atoms with van der Waals surface area (Å²) in [7, 11) is 0. The summed E-state index contributed by atoms with van der Waals surface area (Å²) >= 11 is 2.20. The van der Waals surface area contributed by atoms with Crippen LogP contribution in [-0.2, 0) is 4.79 Å². The molecule has 1 aliphatic rings. The molecule has 2 aromatic rings. The van der Waals surface area contributed by atoms with Crippen molar-refractivity contribution < 1.29 is 14.7 Å². The normalized spacial score (nSPS) is 14.9. The highest BCUT2D eigenvalue weighted by molar-refractivity contribution is 14.1. The smallest absolute Gasteiger partial charge is 0.335 e. The van der Waals surface area contributed by atoms with E-state index in [1.165, 1.54) is 12.1 Å². The van der Waals surface area contributed by atoms with Crippen LogP contribution in [0.25, 0.3) is 11.6 Å². The third-order valence-corrected chi connectivity index (χ3v) is 3.90. The summed E-state index contributed by atoms with van der Waals surface area (Å²) in [5, 5.41) is 11.7. The summed E-state index contributed by atoms with van der Waals surface area (Å²) in [6.07, 6.45) is 1.77. The number of amides is 1. The molecule has 1 aliphatic heterocycles. The number of carboxylic acid groups (broad SMARTS) is 1. The molecule has 0 aromatic heterocycles. The van der Waals surface area contributed by atoms with E-state index in [1.54, 1.807) is 18.2 Å². The minimum absolute atomic E-state index is 0.144. The van der Waals surface area contributed by atoms with Gasteiger partial charge in [-0.25, -0.2) is 4.79 Å². The van der Waals surface area contributed by atoms with Gasteiger partial charge in [-0.1, -0.05) is 12.1 Å². The molecular formula is C16H10INO3. The van der Waals surface area contributed by atoms with Crippen LogP contribution < -0.4 is 5.32 Å². The molecule has 1 amide bonds. The Bertz CT molecular complexity index is 779. The summed E-state index contributed by atoms with van der Waals surface area (Å²) in [6, 6.07) is 12.2. The number of carbonyl (C=O) groups excluding carboxylic acids is 1. The van der Waals surface area contributed by atoms with Crippen LogP contribution in [0.1, 0.15) is 21.5 Å². The second-order valence-electron chi connectivity index (χ2n) is 4.63. The van der Waals surface area contributed by atoms with Crippen molar-refractivity contribution in [2.75, 3.05) is 5.32 Å². The number of carbonyl (C=O) groups is 2. The Morgan fingerprint density at radius 3 is 2.52 bits per heavy atom. The Kier molecular flexibility index (Phi) is 3.50. The van der Waals surface area contributed by atoms with Gasteiger partial charge in [0, 0.05) is 20.4 Å². The molecule has 21 heavy (non-hydrogen) atoms. The fourth-order valence-electron chi connectivity index (χ4n) is 2.19. The third kappa shape index (κ3) is 2.69. The summed E-state index contributed by atoms with van der Waals surface area (Å²) < 4.78 is 1.05. The first-order chi connectivity index (χ1) is 10.0. The van der Waals surface area contributed by atoms with Crippen LogP contribution >= 0.6 is 22.6 Å². The lowest BCUT2D eigenvalue weighted by Crippen LogP contribution is -2.03. The highest BCUT2D eigenvalue weighted by Gasteiger charge is 2.23. The van der Waals surface area contributed by atoms with E-state index in [-0.39, 0.29) is 11.5 Å². The topological polar surface area (TPSA) is 66.4 Å². The monoisotopic (exact) mass is 391 g/mol. The first-order valence-electron chi connectivity index (χ1n) is 6.21. The number of aromatic carboxylic acids is 1. The average molecular weight is 391 g/mol. The Balaban J connectivity index is 2.02. The van der Waals surface area contributed by atoms with Crippen LogP contribution in [0.4, 0.5) is 5.69 Å². The van der Waals surface area contributed by atoms with E-state index in [1.807, 2.05) is 18.2 Å². The molecule has 0 unspecified atom stereocenters. The Labute approximate surface area is 134 Å². The predicted octanol–water partition coefficient (Wildman–Crippen LogP) is 3.48. The molecule has 2 aromatic carbocycles. The number of halogens is 1. The number of hydrogen-bond acceptors (Lipinski definition) is 2. The Morgan fingerprint density at radius 1 is 1.14 bits per heavy atom. The van der Waals surface area contributed by atoms with Gasteiger partial charge in [0.15, 0.2) is 0 Å². The minimum Gasteiger partial charge on any atom is -0.478 e. The number of hydrogen-bond donors (Lipinski definition) is 2. The number of carboxylic acids is 1. The SMILES string of the molecule is O=C1Nc2ccc(I)cc2C1=Cc1ccc(C(=O)O)cc1. The lowest BCUT2D eigenvalue weighted by atomic mass is 10.0. The number of nitrogens with one attached hydrogen (secondary N) is 1. The minimum atomic E-state index is -0.965. The maximum atomic E-state index is 12.0. The molecule has 104 valence electrons. The van der Waals surface area contributed by atoms with Crippen molar-refractivity contribution in [2.45, 2.75) is 0 Å². The predicted molar refractivity (Wildman–Crippen MR) is 89.1 cm³/mol. The van der Waals surface area contributed by atoms with Crippen molar-refractivity contribution in [2.24, 2.45) is 0 Å². The van der Waals surface area contributed by atoms with E-state index < -0.39 is 5.97 Å². The van der Waals surface area contributed by atoms with Gasteiger partial charge in [0.2, 0.25) is 0 Å². The van der Waals surface area contributed by atoms with Gasteiger partial charge in [0.05, 0.1) is 5.56 Å². The van der Waals surface area contributed by atoms with E-state index in [0.29, 0.717) is 5.57 Å². The molecule has 0 fully saturated rings. The summed E-state index contributed by atoms with van der Waals surface area (Å²) in [6.45, 7) is 0. The van der Waals surface area contributed by atoms with Crippen molar-refractivity contribution >= 4 is 51.8 Å². The average Bonchev–Trinajstić information content (AvgIpc) is 2.76. The van der Waals surface area contributed by atoms with Crippen molar-refractivity contribution in [3.8, 4) is 0 Å². The Hall–Kier alpha value is -2.15. The van der Waals surface area contributed by atoms with E-state index >= 15 is 0 Å². The van der Waals surface area contributed by atoms with Gasteiger partial charge in [-0.3, -0.25) is 4.79 Å². The van der Waals surface area contributed by atoms with E-state index in [0.717, 1.165) is 20.4 Å². The zero-order valence-electron chi connectivity index (χ0n) is 10.8. The Morgan fingerprint density at radius 2 is 1.86 bits per heavy atom. The molecule has 0 aliphatic carbocycles. The van der Waals surface area contributed by atoms with Crippen molar-refractivity contribution in [3.63, 3.8) is 0 Å². The zero-order valence-corrected chi connectivity index (χ0v) is 12.9. The molecule has 4 nitrogen and oxygen atoms in total. The van der Waals surface area contributed by atoms with Crippen LogP contribution in [0.15, 0.2) is 42.5 Å². The van der Waals surface area contributed by atoms with Crippen LogP contribution in [0.3, 0.4) is 0 Å². The largest absolute Gasteiger partial charge is 0.478 e. The fraction of sp³-hybridized carbons (Fsp3) is 0. The number of fused-ring (bicyclic) bond motifs is 1. The first-order valence-corrected chi connectivity index (χ1v) is 7.29. The number of anilines is 1. The molecule has 0 saturated carbocycles. The van der Waals surface area contributed by atoms with Gasteiger partial charge < -0.3 is 10.4 Å². The third-order valence-electron chi connectivity index (χ3n) is 3.23. The number of benzene rings is 2. The van der Waals surface area contributed by atoms with E-state index in [9.17, 15) is 9.59 Å². The highest BCUT2D eigenvalue weighted by atomic mass is 127. The highest BCUT2D eigenvalue weighted by Crippen LogP contribution is 2.34. The van der Waals surface area contributed by atoms with Crippen LogP contribution in [-0.4, -0.2) is 17.0 Å². The lowest BCUT2D eigenvalue weighted by Gasteiger charge is -2.00. The van der Waals surface area contributed by atoms with Crippen LogP contribution in [0, 0.1) is 3.57 Å². The zero-order chi connectivity index (χ0) is 15.0. The number of rotatable bonds is 2. The van der Waals surface area contributed by atoms with E-state index in [4.69, 9.17) is 5.11 Å². The lowest BCUT2D eigenvalue weighted by molar-refractivity contribution is -0.110. The van der Waals surface area contributed by atoms with Crippen molar-refractivity contribution in [1.82, 2.24) is 0 Å². The molecule has 0 bridgehead atoms. The molecule has 0 spiro atoms. The summed E-state index contributed by atoms with van der Waals surface area (Å²) in [5.41, 5.74) is 3.27. The van der Waals surface area contributed by atoms with Crippen LogP contribution in [0.5, 0.6) is 0 Å². The maximum absolute atomic E-state index is 12.0. The van der Waals surface area contributed by atoms with Gasteiger partial charge in [0.1, 0.15) is 0 Å². The van der Waals surface area contributed by atoms with Gasteiger partial charge in [0.25, 0.3) is 5.91 Å². The van der Waals surface area contributed by atoms with Crippen LogP contribution in [0.2, 0.25) is 0 Å². The summed E-state index contributed by atoms with van der Waals surface area (Å²) in [5.74, 6) is -1.11. The molecule has 5 heteroatoms. The molecule has 2 N–H and O–H groups in total. The van der Waals surface area contributed by atoms with Crippen molar-refractivity contribution in [1.29, 1.82) is 0 Å².